The first-order valence-corrected chi connectivity index (χ1v) is 5.53. The molecular formula is C11H22N2O2. The van der Waals surface area contributed by atoms with Crippen LogP contribution in [-0.2, 0) is 9.63 Å². The summed E-state index contributed by atoms with van der Waals surface area (Å²) < 4.78 is 0. The van der Waals surface area contributed by atoms with Crippen LogP contribution in [0.1, 0.15) is 34.1 Å². The number of carbonyl (C=O) groups excluding carboxylic acids is 1. The lowest BCUT2D eigenvalue weighted by molar-refractivity contribution is -0.185. The van der Waals surface area contributed by atoms with Gasteiger partial charge in [-0.15, -0.1) is 0 Å². The summed E-state index contributed by atoms with van der Waals surface area (Å²) in [6.45, 7) is 9.32. The maximum atomic E-state index is 11.6. The third-order valence-electron chi connectivity index (χ3n) is 2.78. The monoisotopic (exact) mass is 214 g/mol. The van der Waals surface area contributed by atoms with Crippen LogP contribution in [0, 0.1) is 11.3 Å². The van der Waals surface area contributed by atoms with Crippen molar-refractivity contribution in [2.24, 2.45) is 17.1 Å². The van der Waals surface area contributed by atoms with Crippen LogP contribution in [0.4, 0.5) is 0 Å². The van der Waals surface area contributed by atoms with Crippen LogP contribution in [0.2, 0.25) is 0 Å². The van der Waals surface area contributed by atoms with Gasteiger partial charge < -0.3 is 5.73 Å². The van der Waals surface area contributed by atoms with E-state index in [2.05, 4.69) is 13.8 Å². The van der Waals surface area contributed by atoms with E-state index in [1.807, 2.05) is 13.8 Å². The predicted molar refractivity (Wildman–Crippen MR) is 58.9 cm³/mol. The van der Waals surface area contributed by atoms with E-state index in [0.717, 1.165) is 0 Å². The Labute approximate surface area is 91.7 Å². The second-order valence-electron chi connectivity index (χ2n) is 5.39. The van der Waals surface area contributed by atoms with Gasteiger partial charge in [0.15, 0.2) is 0 Å². The molecule has 0 aliphatic carbocycles. The number of hydroxylamine groups is 2. The molecule has 2 N–H and O–H groups in total. The molecule has 4 heteroatoms. The van der Waals surface area contributed by atoms with Crippen LogP contribution >= 0.6 is 0 Å². The molecule has 1 aliphatic rings. The third-order valence-corrected chi connectivity index (χ3v) is 2.78. The minimum Gasteiger partial charge on any atom is -0.330 e. The normalized spacial score (nSPS) is 22.9. The lowest BCUT2D eigenvalue weighted by atomic mass is 9.94. The zero-order valence-electron chi connectivity index (χ0n) is 10.1. The van der Waals surface area contributed by atoms with Crippen molar-refractivity contribution in [2.75, 3.05) is 13.1 Å². The summed E-state index contributed by atoms with van der Waals surface area (Å²) in [5.74, 6) is 0.454. The highest BCUT2D eigenvalue weighted by Crippen LogP contribution is 2.25. The molecular weight excluding hydrogens is 192 g/mol. The molecule has 1 aliphatic heterocycles. The fourth-order valence-electron chi connectivity index (χ4n) is 1.47. The largest absolute Gasteiger partial charge is 0.330 e. The van der Waals surface area contributed by atoms with Gasteiger partial charge in [0.25, 0.3) is 0 Å². The lowest BCUT2D eigenvalue weighted by Crippen LogP contribution is -2.39. The van der Waals surface area contributed by atoms with Crippen LogP contribution in [0.25, 0.3) is 0 Å². The van der Waals surface area contributed by atoms with Crippen molar-refractivity contribution < 1.29 is 9.63 Å². The van der Waals surface area contributed by atoms with Crippen LogP contribution in [0.15, 0.2) is 0 Å². The van der Waals surface area contributed by atoms with E-state index >= 15 is 0 Å². The van der Waals surface area contributed by atoms with Gasteiger partial charge in [0.05, 0.1) is 19.1 Å². The topological polar surface area (TPSA) is 55.6 Å². The summed E-state index contributed by atoms with van der Waals surface area (Å²) in [7, 11) is 0. The molecule has 1 rings (SSSR count). The molecule has 1 heterocycles. The fraction of sp³-hybridized carbons (Fsp3) is 0.909. The van der Waals surface area contributed by atoms with Crippen molar-refractivity contribution in [3.8, 4) is 0 Å². The Hall–Kier alpha value is -0.610. The molecule has 0 bridgehead atoms. The Morgan fingerprint density at radius 2 is 2.20 bits per heavy atom. The van der Waals surface area contributed by atoms with Crippen molar-refractivity contribution in [3.63, 3.8) is 0 Å². The number of rotatable bonds is 4. The van der Waals surface area contributed by atoms with Crippen molar-refractivity contribution in [1.29, 1.82) is 0 Å². The van der Waals surface area contributed by atoms with E-state index in [1.54, 1.807) is 0 Å². The van der Waals surface area contributed by atoms with Gasteiger partial charge in [-0.3, -0.25) is 9.63 Å². The van der Waals surface area contributed by atoms with Gasteiger partial charge in [-0.1, -0.05) is 27.7 Å². The van der Waals surface area contributed by atoms with Gasteiger partial charge in [-0.05, 0) is 17.9 Å². The molecule has 4 nitrogen and oxygen atoms in total. The number of nitrogens with two attached hydrogens (primary N) is 1. The van der Waals surface area contributed by atoms with Crippen LogP contribution < -0.4 is 5.73 Å². The molecule has 1 fully saturated rings. The summed E-state index contributed by atoms with van der Waals surface area (Å²) in [5, 5.41) is 1.48. The predicted octanol–water partition coefficient (Wildman–Crippen LogP) is 1.16. The number of amides is 1. The molecule has 15 heavy (non-hydrogen) atoms. The molecule has 1 atom stereocenters. The molecule has 0 aromatic heterocycles. The molecule has 88 valence electrons. The molecule has 0 spiro atoms. The van der Waals surface area contributed by atoms with Gasteiger partial charge in [0.2, 0.25) is 5.91 Å². The summed E-state index contributed by atoms with van der Waals surface area (Å²) in [4.78, 5) is 17.2. The van der Waals surface area contributed by atoms with Crippen molar-refractivity contribution in [1.82, 2.24) is 5.06 Å². The second-order valence-corrected chi connectivity index (χ2v) is 5.39. The standard InChI is InChI=1S/C11H22N2O2/c1-8(2)9-5-10(14)13(15-9)7-11(3,4)6-12/h8-9H,5-7,12H2,1-4H3. The summed E-state index contributed by atoms with van der Waals surface area (Å²) in [6.07, 6.45) is 0.532. The average Bonchev–Trinajstić information content (AvgIpc) is 2.47. The third kappa shape index (κ3) is 3.18. The molecule has 0 aromatic rings. The smallest absolute Gasteiger partial charge is 0.248 e. The Morgan fingerprint density at radius 3 is 2.60 bits per heavy atom. The number of carbonyl (C=O) groups is 1. The lowest BCUT2D eigenvalue weighted by Gasteiger charge is -2.28. The van der Waals surface area contributed by atoms with Crippen molar-refractivity contribution in [3.05, 3.63) is 0 Å². The highest BCUT2D eigenvalue weighted by Gasteiger charge is 2.35. The minimum atomic E-state index is -0.0818. The Balaban J connectivity index is 2.55. The van der Waals surface area contributed by atoms with Crippen LogP contribution in [-0.4, -0.2) is 30.2 Å². The quantitative estimate of drug-likeness (QED) is 0.764. The number of hydrogen-bond donors (Lipinski definition) is 1. The minimum absolute atomic E-state index is 0.0334. The van der Waals surface area contributed by atoms with E-state index < -0.39 is 0 Å². The zero-order chi connectivity index (χ0) is 11.6. The average molecular weight is 214 g/mol. The molecule has 0 radical (unpaired) electrons. The molecule has 0 saturated carbocycles. The van der Waals surface area contributed by atoms with Crippen molar-refractivity contribution >= 4 is 5.91 Å². The van der Waals surface area contributed by atoms with Crippen LogP contribution in [0.3, 0.4) is 0 Å². The van der Waals surface area contributed by atoms with E-state index in [1.165, 1.54) is 5.06 Å². The maximum absolute atomic E-state index is 11.6. The SMILES string of the molecule is CC(C)C1CC(=O)N(CC(C)(C)CN)O1. The Kier molecular flexibility index (Phi) is 3.73. The Bertz CT molecular complexity index is 239. The van der Waals surface area contributed by atoms with Gasteiger partial charge >= 0.3 is 0 Å². The summed E-state index contributed by atoms with van der Waals surface area (Å²) >= 11 is 0. The number of nitrogens with zero attached hydrogens (tertiary/aromatic N) is 1. The van der Waals surface area contributed by atoms with E-state index in [-0.39, 0.29) is 17.4 Å². The van der Waals surface area contributed by atoms with E-state index in [4.69, 9.17) is 10.6 Å². The Morgan fingerprint density at radius 1 is 1.60 bits per heavy atom. The van der Waals surface area contributed by atoms with Crippen LogP contribution in [0.5, 0.6) is 0 Å². The summed E-state index contributed by atoms with van der Waals surface area (Å²) in [6, 6.07) is 0. The molecule has 1 saturated heterocycles. The molecule has 1 amide bonds. The second kappa shape index (κ2) is 4.49. The van der Waals surface area contributed by atoms with E-state index in [0.29, 0.717) is 25.4 Å². The molecule has 0 aromatic carbocycles. The fourth-order valence-corrected chi connectivity index (χ4v) is 1.47. The molecule has 1 unspecified atom stereocenters. The highest BCUT2D eigenvalue weighted by atomic mass is 16.7. The van der Waals surface area contributed by atoms with Gasteiger partial charge in [0.1, 0.15) is 0 Å². The highest BCUT2D eigenvalue weighted by molar-refractivity contribution is 5.77. The summed E-state index contributed by atoms with van der Waals surface area (Å²) in [5.41, 5.74) is 5.55. The van der Waals surface area contributed by atoms with Gasteiger partial charge in [-0.2, -0.15) is 0 Å². The van der Waals surface area contributed by atoms with E-state index in [9.17, 15) is 4.79 Å². The van der Waals surface area contributed by atoms with Gasteiger partial charge in [-0.25, -0.2) is 5.06 Å². The maximum Gasteiger partial charge on any atom is 0.248 e. The van der Waals surface area contributed by atoms with Gasteiger partial charge in [0, 0.05) is 0 Å². The zero-order valence-corrected chi connectivity index (χ0v) is 10.1. The first-order chi connectivity index (χ1) is 6.85. The van der Waals surface area contributed by atoms with Crippen molar-refractivity contribution in [2.45, 2.75) is 40.2 Å². The number of hydrogen-bond acceptors (Lipinski definition) is 3. The first-order valence-electron chi connectivity index (χ1n) is 5.53. The first kappa shape index (κ1) is 12.5.